The molecule has 1 saturated heterocycles. The molecule has 0 bridgehead atoms. The number of nitrogens with one attached hydrogen (secondary N) is 2. The highest BCUT2D eigenvalue weighted by Crippen LogP contribution is 2.45. The molecule has 2 aliphatic rings. The number of hydrogen-bond acceptors (Lipinski definition) is 3. The highest BCUT2D eigenvalue weighted by atomic mass is 32.2. The first-order valence-corrected chi connectivity index (χ1v) is 8.07. The van der Waals surface area contributed by atoms with E-state index in [1.54, 1.807) is 0 Å². The Balaban J connectivity index is 1.76. The van der Waals surface area contributed by atoms with Crippen LogP contribution in [-0.4, -0.2) is 48.3 Å². The molecule has 0 radical (unpaired) electrons. The monoisotopic (exact) mass is 271 g/mol. The van der Waals surface area contributed by atoms with Gasteiger partial charge in [-0.2, -0.15) is 11.8 Å². The van der Waals surface area contributed by atoms with E-state index in [0.29, 0.717) is 0 Å². The molecule has 0 spiro atoms. The van der Waals surface area contributed by atoms with Crippen LogP contribution >= 0.6 is 11.8 Å². The average molecular weight is 271 g/mol. The second-order valence-corrected chi connectivity index (χ2v) is 6.78. The highest BCUT2D eigenvalue weighted by molar-refractivity contribution is 8.00. The van der Waals surface area contributed by atoms with Crippen molar-refractivity contribution >= 4 is 17.7 Å². The first-order valence-electron chi connectivity index (χ1n) is 7.03. The second kappa shape index (κ2) is 6.66. The minimum atomic E-state index is 0.102. The van der Waals surface area contributed by atoms with Crippen LogP contribution in [0, 0.1) is 5.41 Å². The normalized spacial score (nSPS) is 26.1. The molecule has 0 aromatic carbocycles. The molecule has 1 aliphatic carbocycles. The molecule has 0 aromatic heterocycles. The largest absolute Gasteiger partial charge is 0.396 e. The first kappa shape index (κ1) is 14.0. The van der Waals surface area contributed by atoms with Crippen LogP contribution in [0.5, 0.6) is 0 Å². The fraction of sp³-hybridized carbons (Fsp3) is 0.923. The van der Waals surface area contributed by atoms with Crippen LogP contribution in [0.3, 0.4) is 0 Å². The molecule has 1 atom stereocenters. The van der Waals surface area contributed by atoms with Crippen molar-refractivity contribution in [1.29, 1.82) is 0 Å². The quantitative estimate of drug-likeness (QED) is 0.502. The number of thioether (sulfide) groups is 1. The lowest BCUT2D eigenvalue weighted by molar-refractivity contribution is 0.217. The first-order chi connectivity index (χ1) is 8.78. The summed E-state index contributed by atoms with van der Waals surface area (Å²) in [6.07, 6.45) is 4.89. The Bertz CT molecular complexity index is 286. The van der Waals surface area contributed by atoms with Gasteiger partial charge in [-0.1, -0.05) is 0 Å². The minimum absolute atomic E-state index is 0.102. The predicted octanol–water partition coefficient (Wildman–Crippen LogP) is 1.21. The van der Waals surface area contributed by atoms with E-state index in [4.69, 9.17) is 0 Å². The summed E-state index contributed by atoms with van der Waals surface area (Å²) in [6, 6.07) is 0. The number of nitrogens with zero attached hydrogens (tertiary/aromatic N) is 1. The highest BCUT2D eigenvalue weighted by Gasteiger charge is 2.41. The molecule has 4 nitrogen and oxygen atoms in total. The van der Waals surface area contributed by atoms with Crippen LogP contribution in [0.1, 0.15) is 32.6 Å². The van der Waals surface area contributed by atoms with Gasteiger partial charge in [0.15, 0.2) is 5.96 Å². The molecular formula is C13H25N3OS. The summed E-state index contributed by atoms with van der Waals surface area (Å²) in [5.41, 5.74) is 0.102. The summed E-state index contributed by atoms with van der Waals surface area (Å²) in [6.45, 7) is 4.99. The summed E-state index contributed by atoms with van der Waals surface area (Å²) < 4.78 is 0. The van der Waals surface area contributed by atoms with Crippen molar-refractivity contribution in [3.05, 3.63) is 0 Å². The number of aliphatic imine (C=N–C) groups is 1. The zero-order valence-corrected chi connectivity index (χ0v) is 12.1. The fourth-order valence-corrected chi connectivity index (χ4v) is 3.35. The van der Waals surface area contributed by atoms with Gasteiger partial charge >= 0.3 is 0 Å². The molecule has 1 unspecified atom stereocenters. The van der Waals surface area contributed by atoms with Crippen LogP contribution in [0.2, 0.25) is 0 Å². The van der Waals surface area contributed by atoms with Crippen LogP contribution in [0.4, 0.5) is 0 Å². The Morgan fingerprint density at radius 2 is 2.28 bits per heavy atom. The molecule has 1 heterocycles. The Morgan fingerprint density at radius 1 is 1.44 bits per heavy atom. The van der Waals surface area contributed by atoms with E-state index < -0.39 is 0 Å². The molecule has 18 heavy (non-hydrogen) atoms. The molecule has 3 N–H and O–H groups in total. The number of aliphatic hydroxyl groups excluding tert-OH is 1. The summed E-state index contributed by atoms with van der Waals surface area (Å²) >= 11 is 2.06. The smallest absolute Gasteiger partial charge is 0.191 e. The second-order valence-electron chi connectivity index (χ2n) is 5.37. The number of guanidine groups is 1. The van der Waals surface area contributed by atoms with Gasteiger partial charge < -0.3 is 15.7 Å². The topological polar surface area (TPSA) is 56.7 Å². The SMILES string of the molecule is CCNC(=NCC1(CO)CC1)NCC1CCCS1. The zero-order valence-electron chi connectivity index (χ0n) is 11.2. The third-order valence-corrected chi connectivity index (χ3v) is 5.13. The molecule has 104 valence electrons. The fourth-order valence-electron chi connectivity index (χ4n) is 2.15. The lowest BCUT2D eigenvalue weighted by Gasteiger charge is -2.16. The van der Waals surface area contributed by atoms with Crippen molar-refractivity contribution in [2.24, 2.45) is 10.4 Å². The van der Waals surface area contributed by atoms with Gasteiger partial charge in [0.05, 0.1) is 13.2 Å². The molecule has 2 fully saturated rings. The Kier molecular flexibility index (Phi) is 5.18. The number of hydrogen-bond donors (Lipinski definition) is 3. The van der Waals surface area contributed by atoms with Gasteiger partial charge in [0.1, 0.15) is 0 Å². The van der Waals surface area contributed by atoms with E-state index in [1.165, 1.54) is 18.6 Å². The van der Waals surface area contributed by atoms with Crippen LogP contribution in [0.15, 0.2) is 4.99 Å². The van der Waals surface area contributed by atoms with E-state index in [9.17, 15) is 5.11 Å². The van der Waals surface area contributed by atoms with Crippen molar-refractivity contribution in [2.45, 2.75) is 37.9 Å². The van der Waals surface area contributed by atoms with Gasteiger partial charge in [-0.3, -0.25) is 4.99 Å². The molecule has 2 rings (SSSR count). The maximum atomic E-state index is 9.29. The van der Waals surface area contributed by atoms with Crippen LogP contribution < -0.4 is 10.6 Å². The predicted molar refractivity (Wildman–Crippen MR) is 78.2 cm³/mol. The maximum Gasteiger partial charge on any atom is 0.191 e. The van der Waals surface area contributed by atoms with Crippen LogP contribution in [-0.2, 0) is 0 Å². The third-order valence-electron chi connectivity index (χ3n) is 3.73. The maximum absolute atomic E-state index is 9.29. The van der Waals surface area contributed by atoms with Crippen molar-refractivity contribution in [3.8, 4) is 0 Å². The molecule has 0 amide bonds. The van der Waals surface area contributed by atoms with Gasteiger partial charge in [0.25, 0.3) is 0 Å². The van der Waals surface area contributed by atoms with Crippen molar-refractivity contribution in [2.75, 3.05) is 32.0 Å². The Hall–Kier alpha value is -0.420. The summed E-state index contributed by atoms with van der Waals surface area (Å²) in [5, 5.41) is 16.7. The zero-order chi connectivity index (χ0) is 12.8. The number of aliphatic hydroxyl groups is 1. The van der Waals surface area contributed by atoms with E-state index in [1.807, 2.05) is 0 Å². The van der Waals surface area contributed by atoms with Crippen molar-refractivity contribution in [3.63, 3.8) is 0 Å². The van der Waals surface area contributed by atoms with Gasteiger partial charge in [-0.05, 0) is 38.4 Å². The molecule has 1 aliphatic heterocycles. The van der Waals surface area contributed by atoms with Crippen molar-refractivity contribution in [1.82, 2.24) is 10.6 Å². The molecule has 5 heteroatoms. The van der Waals surface area contributed by atoms with E-state index in [2.05, 4.69) is 34.3 Å². The lowest BCUT2D eigenvalue weighted by atomic mass is 10.1. The van der Waals surface area contributed by atoms with Gasteiger partial charge in [0.2, 0.25) is 0 Å². The molecule has 0 aromatic rings. The van der Waals surface area contributed by atoms with E-state index in [0.717, 1.165) is 43.7 Å². The van der Waals surface area contributed by atoms with Gasteiger partial charge in [-0.25, -0.2) is 0 Å². The summed E-state index contributed by atoms with van der Waals surface area (Å²) in [4.78, 5) is 4.60. The van der Waals surface area contributed by atoms with Gasteiger partial charge in [-0.15, -0.1) is 0 Å². The summed E-state index contributed by atoms with van der Waals surface area (Å²) in [7, 11) is 0. The third kappa shape index (κ3) is 4.05. The lowest BCUT2D eigenvalue weighted by Crippen LogP contribution is -2.40. The average Bonchev–Trinajstić information content (AvgIpc) is 2.99. The molecular weight excluding hydrogens is 246 g/mol. The van der Waals surface area contributed by atoms with Gasteiger partial charge in [0, 0.05) is 23.8 Å². The van der Waals surface area contributed by atoms with Crippen molar-refractivity contribution < 1.29 is 5.11 Å². The number of rotatable bonds is 6. The Labute approximate surface area is 114 Å². The van der Waals surface area contributed by atoms with E-state index in [-0.39, 0.29) is 12.0 Å². The molecule has 1 saturated carbocycles. The Morgan fingerprint density at radius 3 is 2.83 bits per heavy atom. The van der Waals surface area contributed by atoms with Crippen LogP contribution in [0.25, 0.3) is 0 Å². The minimum Gasteiger partial charge on any atom is -0.396 e. The van der Waals surface area contributed by atoms with E-state index >= 15 is 0 Å². The standard InChI is InChI=1S/C13H25N3OS/c1-2-14-12(15-8-11-4-3-7-18-11)16-9-13(10-17)5-6-13/h11,17H,2-10H2,1H3,(H2,14,15,16). The summed E-state index contributed by atoms with van der Waals surface area (Å²) in [5.74, 6) is 2.21.